The van der Waals surface area contributed by atoms with Gasteiger partial charge in [0.15, 0.2) is 0 Å². The van der Waals surface area contributed by atoms with Crippen molar-refractivity contribution < 1.29 is 0 Å². The molecule has 0 aromatic heterocycles. The number of rotatable bonds is 5. The summed E-state index contributed by atoms with van der Waals surface area (Å²) < 4.78 is 0. The van der Waals surface area contributed by atoms with Crippen molar-refractivity contribution >= 4 is 0 Å². The summed E-state index contributed by atoms with van der Waals surface area (Å²) in [6, 6.07) is 0. The zero-order valence-corrected chi connectivity index (χ0v) is 6.84. The summed E-state index contributed by atoms with van der Waals surface area (Å²) in [4.78, 5) is 9.96. The van der Waals surface area contributed by atoms with E-state index in [2.05, 4.69) is 5.29 Å². The van der Waals surface area contributed by atoms with Crippen LogP contribution in [-0.4, -0.2) is 18.1 Å². The van der Waals surface area contributed by atoms with Crippen LogP contribution in [-0.2, 0) is 0 Å². The summed E-state index contributed by atoms with van der Waals surface area (Å²) >= 11 is 0. The normalized spacial score (nSPS) is 8.20. The third-order valence-corrected chi connectivity index (χ3v) is 1.08. The van der Waals surface area contributed by atoms with Gasteiger partial charge in [0.05, 0.1) is 5.29 Å². The van der Waals surface area contributed by atoms with Crippen molar-refractivity contribution in [1.82, 2.24) is 11.2 Å². The van der Waals surface area contributed by atoms with E-state index >= 15 is 0 Å². The molecule has 0 fully saturated rings. The largest absolute Gasteiger partial charge is 0.344 e. The van der Waals surface area contributed by atoms with Crippen LogP contribution in [0.15, 0.2) is 5.29 Å². The van der Waals surface area contributed by atoms with Crippen molar-refractivity contribution in [2.24, 2.45) is 5.29 Å². The molecule has 0 rings (SSSR count). The molecule has 0 aliphatic carbocycles. The first-order valence-corrected chi connectivity index (χ1v) is 3.43. The van der Waals surface area contributed by atoms with Crippen molar-refractivity contribution in [3.63, 3.8) is 0 Å². The summed E-state index contributed by atoms with van der Waals surface area (Å²) in [6.45, 7) is 5.65. The average molecular weight is 147 g/mol. The van der Waals surface area contributed by atoms with E-state index < -0.39 is 0 Å². The maximum Gasteiger partial charge on any atom is 0.0523 e. The predicted octanol–water partition coefficient (Wildman–Crippen LogP) is 1.95. The van der Waals surface area contributed by atoms with Crippen molar-refractivity contribution in [3.05, 3.63) is 4.91 Å². The Kier molecular flexibility index (Phi) is 10.1. The summed E-state index contributed by atoms with van der Waals surface area (Å²) in [5.74, 6) is 0. The Balaban J connectivity index is 0. The standard InChI is InChI=1S/C6H14N2O.H3N/c1-3-5-8(7-9)6-4-2;/h3-6H2,1-2H3;1H3. The first-order chi connectivity index (χ1) is 4.35. The Morgan fingerprint density at radius 2 is 1.60 bits per heavy atom. The lowest BCUT2D eigenvalue weighted by atomic mass is 10.4. The van der Waals surface area contributed by atoms with Crippen LogP contribution in [0.2, 0.25) is 0 Å². The van der Waals surface area contributed by atoms with Crippen LogP contribution in [0.5, 0.6) is 0 Å². The molecule has 3 N–H and O–H groups in total. The second-order valence-corrected chi connectivity index (χ2v) is 2.04. The number of nitroso groups, excluding NO2 is 1. The second-order valence-electron chi connectivity index (χ2n) is 2.04. The molecule has 0 amide bonds. The maximum absolute atomic E-state index is 9.96. The molecule has 0 atom stereocenters. The molecule has 62 valence electrons. The molecule has 0 aliphatic rings. The van der Waals surface area contributed by atoms with Crippen LogP contribution in [0.4, 0.5) is 0 Å². The number of nitrogens with zero attached hydrogens (tertiary/aromatic N) is 2. The summed E-state index contributed by atoms with van der Waals surface area (Å²) in [7, 11) is 0. The van der Waals surface area contributed by atoms with Gasteiger partial charge in [0.25, 0.3) is 0 Å². The van der Waals surface area contributed by atoms with E-state index in [9.17, 15) is 4.91 Å². The minimum absolute atomic E-state index is 0. The van der Waals surface area contributed by atoms with Gasteiger partial charge < -0.3 is 6.15 Å². The highest BCUT2D eigenvalue weighted by Gasteiger charge is 1.96. The quantitative estimate of drug-likeness (QED) is 0.477. The lowest BCUT2D eigenvalue weighted by molar-refractivity contribution is 0.285. The minimum atomic E-state index is 0. The van der Waals surface area contributed by atoms with Crippen LogP contribution in [0.25, 0.3) is 0 Å². The smallest absolute Gasteiger partial charge is 0.0523 e. The molecule has 0 heterocycles. The first kappa shape index (κ1) is 12.1. The maximum atomic E-state index is 9.96. The van der Waals surface area contributed by atoms with Gasteiger partial charge in [-0.1, -0.05) is 13.8 Å². The zero-order chi connectivity index (χ0) is 7.11. The van der Waals surface area contributed by atoms with Crippen LogP contribution >= 0.6 is 0 Å². The minimum Gasteiger partial charge on any atom is -0.344 e. The highest BCUT2D eigenvalue weighted by atomic mass is 16.3. The molecule has 0 unspecified atom stereocenters. The molecule has 0 aromatic rings. The van der Waals surface area contributed by atoms with Gasteiger partial charge in [-0.15, -0.1) is 4.91 Å². The molecule has 0 aliphatic heterocycles. The lowest BCUT2D eigenvalue weighted by Gasteiger charge is -2.11. The monoisotopic (exact) mass is 147 g/mol. The second kappa shape index (κ2) is 8.36. The van der Waals surface area contributed by atoms with Gasteiger partial charge >= 0.3 is 0 Å². The van der Waals surface area contributed by atoms with E-state index in [0.29, 0.717) is 0 Å². The SMILES string of the molecule is CCCN(CCC)N=O.N. The van der Waals surface area contributed by atoms with Gasteiger partial charge in [0.1, 0.15) is 0 Å². The van der Waals surface area contributed by atoms with E-state index in [-0.39, 0.29) is 6.15 Å². The van der Waals surface area contributed by atoms with Gasteiger partial charge in [-0.3, -0.25) is 5.01 Å². The van der Waals surface area contributed by atoms with Gasteiger partial charge in [0, 0.05) is 13.1 Å². The molecule has 0 saturated heterocycles. The average Bonchev–Trinajstić information content (AvgIpc) is 1.88. The number of hydrogen-bond donors (Lipinski definition) is 1. The first-order valence-electron chi connectivity index (χ1n) is 3.43. The molecule has 0 saturated carbocycles. The van der Waals surface area contributed by atoms with E-state index in [4.69, 9.17) is 0 Å². The van der Waals surface area contributed by atoms with E-state index in [0.717, 1.165) is 25.9 Å². The van der Waals surface area contributed by atoms with E-state index in [1.54, 1.807) is 5.01 Å². The Labute approximate surface area is 62.1 Å². The Morgan fingerprint density at radius 3 is 1.80 bits per heavy atom. The molecule has 0 bridgehead atoms. The fourth-order valence-corrected chi connectivity index (χ4v) is 0.710. The third-order valence-electron chi connectivity index (χ3n) is 1.08. The van der Waals surface area contributed by atoms with Crippen LogP contribution in [0, 0.1) is 4.91 Å². The van der Waals surface area contributed by atoms with Crippen LogP contribution in [0.3, 0.4) is 0 Å². The Hall–Kier alpha value is -0.640. The van der Waals surface area contributed by atoms with Crippen molar-refractivity contribution in [3.8, 4) is 0 Å². The topological polar surface area (TPSA) is 67.7 Å². The number of hydrogen-bond acceptors (Lipinski definition) is 3. The van der Waals surface area contributed by atoms with Crippen LogP contribution < -0.4 is 6.15 Å². The molecule has 10 heavy (non-hydrogen) atoms. The molecular formula is C6H17N3O. The molecule has 0 radical (unpaired) electrons. The van der Waals surface area contributed by atoms with Gasteiger partial charge in [-0.25, -0.2) is 0 Å². The van der Waals surface area contributed by atoms with Crippen molar-refractivity contribution in [2.75, 3.05) is 13.1 Å². The Bertz CT molecular complexity index is 71.4. The highest BCUT2D eigenvalue weighted by molar-refractivity contribution is 4.46. The van der Waals surface area contributed by atoms with Gasteiger partial charge in [0.2, 0.25) is 0 Å². The molecule has 4 heteroatoms. The van der Waals surface area contributed by atoms with Crippen molar-refractivity contribution in [1.29, 1.82) is 0 Å². The van der Waals surface area contributed by atoms with Crippen molar-refractivity contribution in [2.45, 2.75) is 26.7 Å². The molecule has 4 nitrogen and oxygen atoms in total. The predicted molar refractivity (Wildman–Crippen MR) is 43.0 cm³/mol. The molecule has 0 aromatic carbocycles. The molecule has 0 spiro atoms. The molecular weight excluding hydrogens is 130 g/mol. The Morgan fingerprint density at radius 1 is 1.20 bits per heavy atom. The lowest BCUT2D eigenvalue weighted by Crippen LogP contribution is -2.17. The highest BCUT2D eigenvalue weighted by Crippen LogP contribution is 1.92. The summed E-state index contributed by atoms with van der Waals surface area (Å²) in [6.07, 6.45) is 1.98. The summed E-state index contributed by atoms with van der Waals surface area (Å²) in [5.41, 5.74) is 0. The zero-order valence-electron chi connectivity index (χ0n) is 6.84. The summed E-state index contributed by atoms with van der Waals surface area (Å²) in [5, 5.41) is 4.41. The van der Waals surface area contributed by atoms with Gasteiger partial charge in [-0.05, 0) is 12.8 Å². The van der Waals surface area contributed by atoms with Gasteiger partial charge in [-0.2, -0.15) is 0 Å². The van der Waals surface area contributed by atoms with E-state index in [1.165, 1.54) is 0 Å². The fraction of sp³-hybridized carbons (Fsp3) is 1.00. The van der Waals surface area contributed by atoms with E-state index in [1.807, 2.05) is 13.8 Å². The third kappa shape index (κ3) is 5.50. The van der Waals surface area contributed by atoms with Crippen LogP contribution in [0.1, 0.15) is 26.7 Å². The fourth-order valence-electron chi connectivity index (χ4n) is 0.710.